The Morgan fingerprint density at radius 1 is 0.842 bits per heavy atom. The van der Waals surface area contributed by atoms with Crippen LogP contribution in [0.1, 0.15) is 117 Å². The molecule has 0 aromatic heterocycles. The lowest BCUT2D eigenvalue weighted by atomic mass is 10.0. The maximum atomic E-state index is 11.8. The van der Waals surface area contributed by atoms with Crippen LogP contribution in [0.25, 0.3) is 0 Å². The molecule has 38 heavy (non-hydrogen) atoms. The topological polar surface area (TPSA) is 99.7 Å². The Labute approximate surface area is 235 Å². The number of benzene rings is 1. The zero-order valence-electron chi connectivity index (χ0n) is 23.9. The number of ether oxygens (including phenoxy) is 1. The summed E-state index contributed by atoms with van der Waals surface area (Å²) in [7, 11) is 0. The first-order valence-corrected chi connectivity index (χ1v) is 15.9. The molecule has 0 bridgehead atoms. The van der Waals surface area contributed by atoms with Gasteiger partial charge >= 0.3 is 6.03 Å². The van der Waals surface area contributed by atoms with Gasteiger partial charge in [-0.25, -0.2) is 10.2 Å². The van der Waals surface area contributed by atoms with Gasteiger partial charge in [-0.3, -0.25) is 10.2 Å². The number of rotatable bonds is 23. The smallest absolute Gasteiger partial charge is 0.333 e. The lowest BCUT2D eigenvalue weighted by Gasteiger charge is -2.12. The second kappa shape index (κ2) is 24.0. The highest BCUT2D eigenvalue weighted by Gasteiger charge is 2.06. The zero-order valence-corrected chi connectivity index (χ0v) is 24.7. The van der Waals surface area contributed by atoms with Crippen molar-refractivity contribution in [2.75, 3.05) is 18.9 Å². The molecule has 1 rings (SSSR count). The summed E-state index contributed by atoms with van der Waals surface area (Å²) in [6.07, 6.45) is 20.7. The minimum Gasteiger partial charge on any atom is -0.508 e. The normalized spacial score (nSPS) is 11.6. The number of amides is 3. The number of carbonyl (C=O) groups is 2. The number of thioether (sulfide) groups is 1. The largest absolute Gasteiger partial charge is 0.508 e. The summed E-state index contributed by atoms with van der Waals surface area (Å²) >= 11 is 1.88. The molecule has 0 radical (unpaired) electrons. The third-order valence-corrected chi connectivity index (χ3v) is 7.75. The van der Waals surface area contributed by atoms with Crippen molar-refractivity contribution in [3.05, 3.63) is 24.3 Å². The van der Waals surface area contributed by atoms with E-state index in [-0.39, 0.29) is 24.7 Å². The summed E-state index contributed by atoms with van der Waals surface area (Å²) in [5.41, 5.74) is 4.73. The summed E-state index contributed by atoms with van der Waals surface area (Å²) in [6, 6.07) is 5.86. The van der Waals surface area contributed by atoms with Crippen LogP contribution in [0.3, 0.4) is 0 Å². The molecule has 1 aromatic rings. The molecule has 218 valence electrons. The Bertz CT molecular complexity index is 718. The van der Waals surface area contributed by atoms with Crippen LogP contribution in [0.15, 0.2) is 24.3 Å². The van der Waals surface area contributed by atoms with Crippen molar-refractivity contribution in [2.24, 2.45) is 0 Å². The van der Waals surface area contributed by atoms with E-state index in [2.05, 4.69) is 30.0 Å². The number of nitrogens with one attached hydrogen (secondary N) is 3. The molecule has 1 unspecified atom stereocenters. The van der Waals surface area contributed by atoms with Crippen molar-refractivity contribution in [3.63, 3.8) is 0 Å². The first-order chi connectivity index (χ1) is 18.5. The Kier molecular flexibility index (Phi) is 21.4. The summed E-state index contributed by atoms with van der Waals surface area (Å²) in [6.45, 7) is 5.26. The van der Waals surface area contributed by atoms with Gasteiger partial charge in [0.2, 0.25) is 5.91 Å². The van der Waals surface area contributed by atoms with E-state index in [1.54, 1.807) is 12.1 Å². The van der Waals surface area contributed by atoms with Crippen molar-refractivity contribution < 1.29 is 19.4 Å². The molecule has 0 aliphatic rings. The molecule has 1 atom stereocenters. The van der Waals surface area contributed by atoms with Gasteiger partial charge < -0.3 is 15.2 Å². The van der Waals surface area contributed by atoms with E-state index in [0.717, 1.165) is 5.75 Å². The average Bonchev–Trinajstić information content (AvgIpc) is 2.91. The molecular formula is C30H53N3O4S. The average molecular weight is 552 g/mol. The van der Waals surface area contributed by atoms with Crippen LogP contribution < -0.4 is 20.9 Å². The number of unbranched alkanes of at least 4 members (excludes halogenated alkanes) is 13. The zero-order chi connectivity index (χ0) is 27.7. The fourth-order valence-corrected chi connectivity index (χ4v) is 5.13. The molecule has 0 fully saturated rings. The van der Waals surface area contributed by atoms with E-state index < -0.39 is 6.03 Å². The predicted molar refractivity (Wildman–Crippen MR) is 160 cm³/mol. The minimum atomic E-state index is -0.418. The van der Waals surface area contributed by atoms with Gasteiger partial charge in [-0.2, -0.15) is 11.8 Å². The third kappa shape index (κ3) is 20.9. The van der Waals surface area contributed by atoms with Gasteiger partial charge in [-0.05, 0) is 30.7 Å². The summed E-state index contributed by atoms with van der Waals surface area (Å²) in [5, 5.41) is 12.6. The number of aromatic hydroxyl groups is 1. The van der Waals surface area contributed by atoms with Crippen LogP contribution >= 0.6 is 11.8 Å². The second-order valence-corrected chi connectivity index (χ2v) is 11.6. The monoisotopic (exact) mass is 551 g/mol. The van der Waals surface area contributed by atoms with E-state index in [4.69, 9.17) is 4.74 Å². The standard InChI is InChI=1S/C30H53N3O4S/c1-3-4-5-6-7-8-9-10-11-12-13-14-15-16-17-26(2)38-25-23-31-30(36)33-32-29(35)22-24-37-28-20-18-27(34)19-21-28/h18-21,26,34H,3-17,22-25H2,1-2H3,(H,32,35)(H2,31,33,36). The van der Waals surface area contributed by atoms with Crippen LogP contribution in [-0.2, 0) is 4.79 Å². The highest BCUT2D eigenvalue weighted by molar-refractivity contribution is 7.99. The minimum absolute atomic E-state index is 0.105. The van der Waals surface area contributed by atoms with Crippen LogP contribution in [-0.4, -0.2) is 41.2 Å². The fourth-order valence-electron chi connectivity index (χ4n) is 4.17. The number of carbonyl (C=O) groups excluding carboxylic acids is 2. The number of hydrogen-bond donors (Lipinski definition) is 4. The Morgan fingerprint density at radius 2 is 1.39 bits per heavy atom. The first kappa shape index (κ1) is 33.9. The van der Waals surface area contributed by atoms with Gasteiger partial charge in [0.25, 0.3) is 0 Å². The van der Waals surface area contributed by atoms with Crippen molar-refractivity contribution in [1.82, 2.24) is 16.2 Å². The van der Waals surface area contributed by atoms with Gasteiger partial charge in [0.15, 0.2) is 0 Å². The van der Waals surface area contributed by atoms with E-state index in [0.29, 0.717) is 17.5 Å². The number of hydrogen-bond acceptors (Lipinski definition) is 5. The number of hydrazine groups is 1. The second-order valence-electron chi connectivity index (χ2n) is 10.1. The van der Waals surface area contributed by atoms with Crippen molar-refractivity contribution in [2.45, 2.75) is 122 Å². The van der Waals surface area contributed by atoms with Crippen LogP contribution in [0.2, 0.25) is 0 Å². The molecule has 0 aliphatic heterocycles. The number of phenolic OH excluding ortho intramolecular Hbond substituents is 1. The lowest BCUT2D eigenvalue weighted by molar-refractivity contribution is -0.122. The van der Waals surface area contributed by atoms with Crippen molar-refractivity contribution >= 4 is 23.7 Å². The van der Waals surface area contributed by atoms with E-state index in [9.17, 15) is 14.7 Å². The molecule has 0 heterocycles. The molecular weight excluding hydrogens is 498 g/mol. The Hall–Kier alpha value is -2.09. The Balaban J connectivity index is 1.85. The summed E-state index contributed by atoms with van der Waals surface area (Å²) in [5.74, 6) is 1.23. The van der Waals surface area contributed by atoms with Crippen molar-refractivity contribution in [1.29, 1.82) is 0 Å². The third-order valence-electron chi connectivity index (χ3n) is 6.50. The maximum Gasteiger partial charge on any atom is 0.333 e. The molecule has 0 aliphatic carbocycles. The Morgan fingerprint density at radius 3 is 1.97 bits per heavy atom. The molecule has 0 saturated heterocycles. The number of urea groups is 1. The maximum absolute atomic E-state index is 11.8. The molecule has 0 saturated carbocycles. The van der Waals surface area contributed by atoms with E-state index in [1.165, 1.54) is 108 Å². The molecule has 1 aromatic carbocycles. The van der Waals surface area contributed by atoms with E-state index >= 15 is 0 Å². The van der Waals surface area contributed by atoms with Crippen LogP contribution in [0.5, 0.6) is 11.5 Å². The predicted octanol–water partition coefficient (Wildman–Crippen LogP) is 7.48. The first-order valence-electron chi connectivity index (χ1n) is 14.9. The van der Waals surface area contributed by atoms with Crippen molar-refractivity contribution in [3.8, 4) is 11.5 Å². The van der Waals surface area contributed by atoms with Crippen LogP contribution in [0, 0.1) is 0 Å². The molecule has 7 nitrogen and oxygen atoms in total. The highest BCUT2D eigenvalue weighted by atomic mass is 32.2. The SMILES string of the molecule is CCCCCCCCCCCCCCCCC(C)SCCNC(=O)NNC(=O)CCOc1ccc(O)cc1. The molecule has 8 heteroatoms. The molecule has 3 amide bonds. The van der Waals surface area contributed by atoms with Gasteiger partial charge in [0.1, 0.15) is 11.5 Å². The molecule has 0 spiro atoms. The van der Waals surface area contributed by atoms with Crippen LogP contribution in [0.4, 0.5) is 4.79 Å². The van der Waals surface area contributed by atoms with Gasteiger partial charge in [0, 0.05) is 17.5 Å². The van der Waals surface area contributed by atoms with E-state index in [1.807, 2.05) is 11.8 Å². The highest BCUT2D eigenvalue weighted by Crippen LogP contribution is 2.18. The summed E-state index contributed by atoms with van der Waals surface area (Å²) in [4.78, 5) is 23.6. The summed E-state index contributed by atoms with van der Waals surface area (Å²) < 4.78 is 5.42. The molecule has 4 N–H and O–H groups in total. The lowest BCUT2D eigenvalue weighted by Crippen LogP contribution is -2.47. The van der Waals surface area contributed by atoms with Gasteiger partial charge in [0.05, 0.1) is 13.0 Å². The van der Waals surface area contributed by atoms with Gasteiger partial charge in [-0.1, -0.05) is 104 Å². The number of phenols is 1. The quantitative estimate of drug-likeness (QED) is 0.0834. The van der Waals surface area contributed by atoms with Gasteiger partial charge in [-0.15, -0.1) is 0 Å². The fraction of sp³-hybridized carbons (Fsp3) is 0.733.